The zero-order chi connectivity index (χ0) is 18.1. The van der Waals surface area contributed by atoms with E-state index in [1.165, 1.54) is 6.26 Å². The van der Waals surface area contributed by atoms with Gasteiger partial charge >= 0.3 is 0 Å². The molecule has 0 radical (unpaired) electrons. The summed E-state index contributed by atoms with van der Waals surface area (Å²) in [5, 5.41) is 11.4. The molecule has 3 aromatic rings. The molecule has 0 unspecified atom stereocenters. The first-order valence-corrected chi connectivity index (χ1v) is 8.36. The van der Waals surface area contributed by atoms with Crippen LogP contribution in [0, 0.1) is 5.92 Å². The number of carbonyl (C=O) groups excluding carboxylic acids is 2. The highest BCUT2D eigenvalue weighted by molar-refractivity contribution is 6.25. The first-order chi connectivity index (χ1) is 12.6. The third kappa shape index (κ3) is 2.45. The molecule has 5 heteroatoms. The van der Waals surface area contributed by atoms with E-state index < -0.39 is 23.3 Å². The Morgan fingerprint density at radius 3 is 2.19 bits per heavy atom. The van der Waals surface area contributed by atoms with Crippen LogP contribution in [-0.2, 0) is 21.6 Å². The summed E-state index contributed by atoms with van der Waals surface area (Å²) >= 11 is 0. The average molecular weight is 347 g/mol. The Balaban J connectivity index is 1.83. The molecule has 0 saturated carbocycles. The molecule has 1 aliphatic rings. The molecule has 0 aliphatic carbocycles. The van der Waals surface area contributed by atoms with E-state index in [-0.39, 0.29) is 6.42 Å². The van der Waals surface area contributed by atoms with E-state index in [9.17, 15) is 14.7 Å². The van der Waals surface area contributed by atoms with Gasteiger partial charge in [-0.15, -0.1) is 0 Å². The van der Waals surface area contributed by atoms with Gasteiger partial charge in [-0.25, -0.2) is 4.90 Å². The minimum atomic E-state index is -1.94. The number of anilines is 1. The monoisotopic (exact) mass is 347 g/mol. The second-order valence-electron chi connectivity index (χ2n) is 6.28. The maximum Gasteiger partial charge on any atom is 0.271 e. The minimum Gasteiger partial charge on any atom is -0.469 e. The number of furan rings is 1. The molecule has 130 valence electrons. The molecule has 1 N–H and O–H groups in total. The fourth-order valence-corrected chi connectivity index (χ4v) is 3.46. The molecule has 2 heterocycles. The second kappa shape index (κ2) is 6.28. The van der Waals surface area contributed by atoms with E-state index in [1.54, 1.807) is 72.8 Å². The quantitative estimate of drug-likeness (QED) is 0.737. The van der Waals surface area contributed by atoms with Gasteiger partial charge in [-0.05, 0) is 29.8 Å². The Hall–Kier alpha value is -3.18. The predicted octanol–water partition coefficient (Wildman–Crippen LogP) is 2.90. The molecule has 5 nitrogen and oxygen atoms in total. The first-order valence-electron chi connectivity index (χ1n) is 8.36. The van der Waals surface area contributed by atoms with Crippen LogP contribution in [0.15, 0.2) is 83.5 Å². The van der Waals surface area contributed by atoms with E-state index in [0.29, 0.717) is 17.0 Å². The standard InChI is InChI=1S/C21H17NO4/c23-19-18(14-17-12-7-13-26-17)21(25,15-8-3-1-4-9-15)20(24)22(19)16-10-5-2-6-11-16/h1-13,18,25H,14H2/t18-,21-/m0/s1. The zero-order valence-corrected chi connectivity index (χ0v) is 13.9. The highest BCUT2D eigenvalue weighted by Crippen LogP contribution is 2.42. The van der Waals surface area contributed by atoms with Gasteiger partial charge in [0.05, 0.1) is 17.9 Å². The predicted molar refractivity (Wildman–Crippen MR) is 95.2 cm³/mol. The fourth-order valence-electron chi connectivity index (χ4n) is 3.46. The third-order valence-corrected chi connectivity index (χ3v) is 4.77. The van der Waals surface area contributed by atoms with Crippen molar-refractivity contribution in [3.8, 4) is 0 Å². The number of para-hydroxylation sites is 1. The summed E-state index contributed by atoms with van der Waals surface area (Å²) in [6.45, 7) is 0. The molecule has 2 atom stereocenters. The van der Waals surface area contributed by atoms with Gasteiger partial charge in [0, 0.05) is 6.42 Å². The average Bonchev–Trinajstić information content (AvgIpc) is 3.26. The molecule has 1 aliphatic heterocycles. The van der Waals surface area contributed by atoms with Gasteiger partial charge < -0.3 is 9.52 Å². The van der Waals surface area contributed by atoms with Crippen molar-refractivity contribution in [3.05, 3.63) is 90.4 Å². The molecule has 1 saturated heterocycles. The van der Waals surface area contributed by atoms with E-state index in [4.69, 9.17) is 4.42 Å². The topological polar surface area (TPSA) is 70.7 Å². The molecule has 1 aromatic heterocycles. The maximum atomic E-state index is 13.2. The molecule has 0 spiro atoms. The van der Waals surface area contributed by atoms with Crippen LogP contribution in [0.4, 0.5) is 5.69 Å². The van der Waals surface area contributed by atoms with Gasteiger partial charge in [0.15, 0.2) is 5.60 Å². The van der Waals surface area contributed by atoms with Gasteiger partial charge in [-0.1, -0.05) is 48.5 Å². The van der Waals surface area contributed by atoms with Crippen LogP contribution >= 0.6 is 0 Å². The molecule has 2 aromatic carbocycles. The minimum absolute atomic E-state index is 0.131. The molecule has 4 rings (SSSR count). The molecule has 0 bridgehead atoms. The van der Waals surface area contributed by atoms with Crippen molar-refractivity contribution in [2.24, 2.45) is 5.92 Å². The molecule has 1 fully saturated rings. The Bertz CT molecular complexity index is 921. The van der Waals surface area contributed by atoms with Crippen LogP contribution in [-0.4, -0.2) is 16.9 Å². The SMILES string of the molecule is O=C1[C@H](Cc2ccco2)[C@@](O)(c2ccccc2)C(=O)N1c1ccccc1. The summed E-state index contributed by atoms with van der Waals surface area (Å²) in [5.41, 5.74) is -1.10. The lowest BCUT2D eigenvalue weighted by Crippen LogP contribution is -2.41. The van der Waals surface area contributed by atoms with Crippen LogP contribution in [0.5, 0.6) is 0 Å². The van der Waals surface area contributed by atoms with Crippen molar-refractivity contribution in [1.82, 2.24) is 0 Å². The summed E-state index contributed by atoms with van der Waals surface area (Å²) in [5.74, 6) is -1.51. The van der Waals surface area contributed by atoms with Crippen molar-refractivity contribution >= 4 is 17.5 Å². The normalized spacial score (nSPS) is 22.8. The zero-order valence-electron chi connectivity index (χ0n) is 13.9. The molecule has 2 amide bonds. The van der Waals surface area contributed by atoms with Gasteiger partial charge in [0.25, 0.3) is 5.91 Å². The number of rotatable bonds is 4. The number of imide groups is 1. The van der Waals surface area contributed by atoms with Crippen molar-refractivity contribution in [1.29, 1.82) is 0 Å². The number of amides is 2. The third-order valence-electron chi connectivity index (χ3n) is 4.77. The van der Waals surface area contributed by atoms with Crippen LogP contribution < -0.4 is 4.90 Å². The summed E-state index contributed by atoms with van der Waals surface area (Å²) in [6.07, 6.45) is 1.64. The van der Waals surface area contributed by atoms with E-state index in [2.05, 4.69) is 0 Å². The van der Waals surface area contributed by atoms with Crippen LogP contribution in [0.2, 0.25) is 0 Å². The van der Waals surface area contributed by atoms with Gasteiger partial charge in [-0.2, -0.15) is 0 Å². The number of benzene rings is 2. The Morgan fingerprint density at radius 2 is 1.58 bits per heavy atom. The van der Waals surface area contributed by atoms with Gasteiger partial charge in [0.2, 0.25) is 5.91 Å². The smallest absolute Gasteiger partial charge is 0.271 e. The number of aliphatic hydroxyl groups is 1. The number of nitrogens with zero attached hydrogens (tertiary/aromatic N) is 1. The molecular weight excluding hydrogens is 330 g/mol. The maximum absolute atomic E-state index is 13.2. The largest absolute Gasteiger partial charge is 0.469 e. The van der Waals surface area contributed by atoms with Crippen LogP contribution in [0.1, 0.15) is 11.3 Å². The number of hydrogen-bond acceptors (Lipinski definition) is 4. The van der Waals surface area contributed by atoms with E-state index >= 15 is 0 Å². The fraction of sp³-hybridized carbons (Fsp3) is 0.143. The summed E-state index contributed by atoms with van der Waals surface area (Å²) < 4.78 is 5.36. The van der Waals surface area contributed by atoms with Crippen molar-refractivity contribution in [3.63, 3.8) is 0 Å². The Kier molecular flexibility index (Phi) is 3.93. The second-order valence-corrected chi connectivity index (χ2v) is 6.28. The number of hydrogen-bond donors (Lipinski definition) is 1. The van der Waals surface area contributed by atoms with Crippen molar-refractivity contribution in [2.45, 2.75) is 12.0 Å². The first kappa shape index (κ1) is 16.3. The van der Waals surface area contributed by atoms with Crippen LogP contribution in [0.25, 0.3) is 0 Å². The van der Waals surface area contributed by atoms with Crippen molar-refractivity contribution < 1.29 is 19.1 Å². The van der Waals surface area contributed by atoms with E-state index in [0.717, 1.165) is 4.90 Å². The van der Waals surface area contributed by atoms with Gasteiger partial charge in [-0.3, -0.25) is 9.59 Å². The summed E-state index contributed by atoms with van der Waals surface area (Å²) in [4.78, 5) is 27.4. The lowest BCUT2D eigenvalue weighted by Gasteiger charge is -2.25. The van der Waals surface area contributed by atoms with Crippen LogP contribution in [0.3, 0.4) is 0 Å². The lowest BCUT2D eigenvalue weighted by molar-refractivity contribution is -0.139. The highest BCUT2D eigenvalue weighted by Gasteiger charge is 2.60. The Labute approximate surface area is 150 Å². The highest BCUT2D eigenvalue weighted by atomic mass is 16.3. The van der Waals surface area contributed by atoms with Crippen molar-refractivity contribution in [2.75, 3.05) is 4.90 Å². The Morgan fingerprint density at radius 1 is 0.923 bits per heavy atom. The molecule has 26 heavy (non-hydrogen) atoms. The molecular formula is C21H17NO4. The summed E-state index contributed by atoms with van der Waals surface area (Å²) in [6, 6.07) is 20.7. The summed E-state index contributed by atoms with van der Waals surface area (Å²) in [7, 11) is 0. The number of carbonyl (C=O) groups is 2. The van der Waals surface area contributed by atoms with Gasteiger partial charge in [0.1, 0.15) is 5.76 Å². The van der Waals surface area contributed by atoms with E-state index in [1.807, 2.05) is 0 Å². The lowest BCUT2D eigenvalue weighted by atomic mass is 9.81.